The molecule has 0 aliphatic carbocycles. The van der Waals surface area contributed by atoms with Gasteiger partial charge >= 0.3 is 11.9 Å². The van der Waals surface area contributed by atoms with Crippen molar-refractivity contribution in [2.45, 2.75) is 270 Å². The highest BCUT2D eigenvalue weighted by Crippen LogP contribution is 2.16. The van der Waals surface area contributed by atoms with E-state index in [4.69, 9.17) is 9.47 Å². The van der Waals surface area contributed by atoms with E-state index in [0.29, 0.717) is 12.8 Å². The van der Waals surface area contributed by atoms with Crippen molar-refractivity contribution in [3.8, 4) is 0 Å². The number of carbonyl (C=O) groups is 2. The summed E-state index contributed by atoms with van der Waals surface area (Å²) in [7, 11) is 0. The van der Waals surface area contributed by atoms with Gasteiger partial charge in [0.2, 0.25) is 0 Å². The Morgan fingerprint density at radius 1 is 0.369 bits per heavy atom. The van der Waals surface area contributed by atoms with E-state index in [0.717, 1.165) is 83.5 Å². The second kappa shape index (κ2) is 55.4. The average Bonchev–Trinajstić information content (AvgIpc) is 3.31. The summed E-state index contributed by atoms with van der Waals surface area (Å²) in [6, 6.07) is 0. The normalized spacial score (nSPS) is 12.8. The lowest BCUT2D eigenvalue weighted by Gasteiger charge is -2.15. The summed E-state index contributed by atoms with van der Waals surface area (Å²) in [4.78, 5) is 24.4. The lowest BCUT2D eigenvalue weighted by Crippen LogP contribution is -2.28. The Morgan fingerprint density at radius 2 is 0.662 bits per heavy atom. The predicted molar refractivity (Wildman–Crippen MR) is 283 cm³/mol. The summed E-state index contributed by atoms with van der Waals surface area (Å²) in [6.07, 6.45) is 77.1. The molecule has 0 fully saturated rings. The van der Waals surface area contributed by atoms with Crippen molar-refractivity contribution < 1.29 is 24.2 Å². The van der Waals surface area contributed by atoms with Gasteiger partial charge in [0.25, 0.3) is 0 Å². The molecule has 0 rings (SSSR count). The number of hydrogen-bond acceptors (Lipinski definition) is 5. The van der Waals surface area contributed by atoms with Crippen LogP contribution in [-0.4, -0.2) is 36.4 Å². The highest BCUT2D eigenvalue weighted by molar-refractivity contribution is 5.70. The van der Waals surface area contributed by atoms with Gasteiger partial charge < -0.3 is 14.6 Å². The van der Waals surface area contributed by atoms with Gasteiger partial charge in [0.1, 0.15) is 6.61 Å². The van der Waals surface area contributed by atoms with Crippen molar-refractivity contribution in [3.05, 3.63) is 85.1 Å². The van der Waals surface area contributed by atoms with Crippen LogP contribution >= 0.6 is 0 Å². The number of rotatable bonds is 50. The molecule has 0 bridgehead atoms. The maximum absolute atomic E-state index is 12.3. The predicted octanol–water partition coefficient (Wildman–Crippen LogP) is 18.6. The van der Waals surface area contributed by atoms with Crippen LogP contribution < -0.4 is 0 Å². The van der Waals surface area contributed by atoms with Crippen LogP contribution in [0.5, 0.6) is 0 Å². The van der Waals surface area contributed by atoms with Gasteiger partial charge in [-0.3, -0.25) is 9.59 Å². The van der Waals surface area contributed by atoms with Crippen LogP contribution in [0.4, 0.5) is 0 Å². The van der Waals surface area contributed by atoms with E-state index in [1.807, 2.05) is 0 Å². The first-order valence-corrected chi connectivity index (χ1v) is 27.6. The minimum atomic E-state index is -0.770. The number of aliphatic hydroxyl groups is 1. The third-order valence-corrected chi connectivity index (χ3v) is 12.0. The van der Waals surface area contributed by atoms with Crippen LogP contribution in [0.25, 0.3) is 0 Å². The molecule has 0 aliphatic rings. The molecule has 0 aromatic carbocycles. The molecule has 0 aliphatic heterocycles. The van der Waals surface area contributed by atoms with Crippen molar-refractivity contribution in [2.24, 2.45) is 0 Å². The van der Waals surface area contributed by atoms with Crippen molar-refractivity contribution in [1.82, 2.24) is 0 Å². The van der Waals surface area contributed by atoms with Gasteiger partial charge in [-0.25, -0.2) is 0 Å². The molecule has 1 unspecified atom stereocenters. The third kappa shape index (κ3) is 53.6. The molecule has 0 radical (unpaired) electrons. The van der Waals surface area contributed by atoms with E-state index >= 15 is 0 Å². The third-order valence-electron chi connectivity index (χ3n) is 12.0. The molecule has 1 N–H and O–H groups in total. The average molecular weight is 905 g/mol. The second-order valence-electron chi connectivity index (χ2n) is 18.3. The van der Waals surface area contributed by atoms with Crippen LogP contribution in [0.3, 0.4) is 0 Å². The summed E-state index contributed by atoms with van der Waals surface area (Å²) in [6.45, 7) is 4.03. The number of ether oxygens (including phenoxy) is 2. The number of aliphatic hydroxyl groups excluding tert-OH is 1. The van der Waals surface area contributed by atoms with Crippen LogP contribution in [0.1, 0.15) is 264 Å². The fraction of sp³-hybridized carbons (Fsp3) is 0.733. The Morgan fingerprint density at radius 3 is 1.00 bits per heavy atom. The molecule has 0 saturated heterocycles. The Balaban J connectivity index is 3.46. The first-order valence-electron chi connectivity index (χ1n) is 27.6. The fourth-order valence-corrected chi connectivity index (χ4v) is 7.83. The summed E-state index contributed by atoms with van der Waals surface area (Å²) >= 11 is 0. The summed E-state index contributed by atoms with van der Waals surface area (Å²) in [5.41, 5.74) is 0. The maximum atomic E-state index is 12.3. The Bertz CT molecular complexity index is 1210. The molecule has 0 heterocycles. The largest absolute Gasteiger partial charge is 0.462 e. The molecule has 5 nitrogen and oxygen atoms in total. The van der Waals surface area contributed by atoms with Gasteiger partial charge in [-0.15, -0.1) is 0 Å². The zero-order valence-electron chi connectivity index (χ0n) is 42.7. The minimum absolute atomic E-state index is 0.0634. The number of esters is 2. The Kier molecular flexibility index (Phi) is 52.9. The van der Waals surface area contributed by atoms with Crippen molar-refractivity contribution in [2.75, 3.05) is 13.2 Å². The zero-order chi connectivity index (χ0) is 47.0. The molecule has 5 heteroatoms. The van der Waals surface area contributed by atoms with Crippen LogP contribution in [0.2, 0.25) is 0 Å². The summed E-state index contributed by atoms with van der Waals surface area (Å²) < 4.78 is 10.7. The molecule has 374 valence electrons. The first kappa shape index (κ1) is 62.1. The molecule has 0 saturated carbocycles. The SMILES string of the molecule is CC/C=C\C/C=C\C/C=C\C/C=C\C/C=C\C/C=C\C/C=C\CCCCCCCCCCCCCCCCCCCC(=O)OC(CO)COC(=O)CCCCCCCCCCCCCC. The highest BCUT2D eigenvalue weighted by atomic mass is 16.6. The van der Waals surface area contributed by atoms with Crippen molar-refractivity contribution in [1.29, 1.82) is 0 Å². The molecule has 0 spiro atoms. The topological polar surface area (TPSA) is 72.8 Å². The highest BCUT2D eigenvalue weighted by Gasteiger charge is 2.16. The summed E-state index contributed by atoms with van der Waals surface area (Å²) in [5, 5.41) is 9.61. The van der Waals surface area contributed by atoms with E-state index in [9.17, 15) is 14.7 Å². The number of allylic oxidation sites excluding steroid dienone is 14. The van der Waals surface area contributed by atoms with E-state index in [-0.39, 0.29) is 25.2 Å². The Labute approximate surface area is 403 Å². The molecule has 0 aromatic rings. The van der Waals surface area contributed by atoms with Crippen LogP contribution in [0, 0.1) is 0 Å². The van der Waals surface area contributed by atoms with E-state index in [2.05, 4.69) is 98.9 Å². The van der Waals surface area contributed by atoms with Gasteiger partial charge in [0, 0.05) is 12.8 Å². The second-order valence-corrected chi connectivity index (χ2v) is 18.3. The summed E-state index contributed by atoms with van der Waals surface area (Å²) in [5.74, 6) is -0.583. The van der Waals surface area contributed by atoms with E-state index in [1.165, 1.54) is 154 Å². The molecule has 0 amide bonds. The number of unbranched alkanes of at least 4 members (excludes halogenated alkanes) is 28. The van der Waals surface area contributed by atoms with Gasteiger partial charge in [0.15, 0.2) is 6.10 Å². The number of hydrogen-bond donors (Lipinski definition) is 1. The van der Waals surface area contributed by atoms with Crippen LogP contribution in [-0.2, 0) is 19.1 Å². The Hall–Kier alpha value is -2.92. The monoisotopic (exact) mass is 905 g/mol. The van der Waals surface area contributed by atoms with Crippen molar-refractivity contribution >= 4 is 11.9 Å². The van der Waals surface area contributed by atoms with E-state index < -0.39 is 6.10 Å². The lowest BCUT2D eigenvalue weighted by atomic mass is 10.0. The molecular formula is C60H104O5. The quantitative estimate of drug-likeness (QED) is 0.0374. The molecule has 1 atom stereocenters. The standard InChI is InChI=1S/C60H104O5/c1-3-5-7-9-11-13-15-17-18-19-20-21-22-23-24-25-26-27-28-29-30-31-32-33-34-35-36-37-38-39-40-41-42-43-45-47-49-51-53-55-60(63)65-58(56-61)57-64-59(62)54-52-50-48-46-44-16-14-12-10-8-6-4-2/h5,7,11,13,17-18,20-21,23-24,26-27,29-30,58,61H,3-4,6,8-10,12,14-16,19,22,25,28,31-57H2,1-2H3/b7-5-,13-11-,18-17-,21-20-,24-23-,27-26-,30-29-. The van der Waals surface area contributed by atoms with Crippen molar-refractivity contribution in [3.63, 3.8) is 0 Å². The maximum Gasteiger partial charge on any atom is 0.306 e. The van der Waals surface area contributed by atoms with Gasteiger partial charge in [-0.1, -0.05) is 266 Å². The molecular weight excluding hydrogens is 801 g/mol. The van der Waals surface area contributed by atoms with E-state index in [1.54, 1.807) is 0 Å². The minimum Gasteiger partial charge on any atom is -0.462 e. The smallest absolute Gasteiger partial charge is 0.306 e. The van der Waals surface area contributed by atoms with Crippen LogP contribution in [0.15, 0.2) is 85.1 Å². The molecule has 0 aromatic heterocycles. The fourth-order valence-electron chi connectivity index (χ4n) is 7.83. The lowest BCUT2D eigenvalue weighted by molar-refractivity contribution is -0.161. The first-order chi connectivity index (χ1) is 32.1. The van der Waals surface area contributed by atoms with Gasteiger partial charge in [-0.2, -0.15) is 0 Å². The zero-order valence-corrected chi connectivity index (χ0v) is 42.7. The number of carbonyl (C=O) groups excluding carboxylic acids is 2. The van der Waals surface area contributed by atoms with Gasteiger partial charge in [0.05, 0.1) is 6.61 Å². The van der Waals surface area contributed by atoms with Gasteiger partial charge in [-0.05, 0) is 70.6 Å². The molecule has 65 heavy (non-hydrogen) atoms.